The van der Waals surface area contributed by atoms with E-state index in [1.165, 1.54) is 25.8 Å². The number of amides is 1. The molecule has 2 rings (SSSR count). The van der Waals surface area contributed by atoms with Crippen LogP contribution < -0.4 is 11.1 Å². The van der Waals surface area contributed by atoms with Gasteiger partial charge in [-0.2, -0.15) is 0 Å². The molecular formula is C16H31N3O. The maximum Gasteiger partial charge on any atom is 0.238 e. The largest absolute Gasteiger partial charge is 0.368 e. The van der Waals surface area contributed by atoms with Gasteiger partial charge in [0.1, 0.15) is 5.54 Å². The number of hydrogen-bond donors (Lipinski definition) is 2. The summed E-state index contributed by atoms with van der Waals surface area (Å²) < 4.78 is 0. The van der Waals surface area contributed by atoms with Crippen molar-refractivity contribution in [2.24, 2.45) is 11.7 Å². The number of carbonyl (C=O) groups is 1. The van der Waals surface area contributed by atoms with Crippen molar-refractivity contribution in [3.05, 3.63) is 0 Å². The molecule has 0 aromatic rings. The fourth-order valence-electron chi connectivity index (χ4n) is 3.95. The summed E-state index contributed by atoms with van der Waals surface area (Å²) in [6.07, 6.45) is 8.22. The topological polar surface area (TPSA) is 58.4 Å². The quantitative estimate of drug-likeness (QED) is 0.678. The van der Waals surface area contributed by atoms with Gasteiger partial charge in [-0.15, -0.1) is 0 Å². The third kappa shape index (κ3) is 3.34. The molecule has 0 aliphatic heterocycles. The van der Waals surface area contributed by atoms with E-state index < -0.39 is 5.54 Å². The summed E-state index contributed by atoms with van der Waals surface area (Å²) in [6, 6.07) is 0.818. The Balaban J connectivity index is 1.94. The van der Waals surface area contributed by atoms with Crippen molar-refractivity contribution < 1.29 is 4.79 Å². The van der Waals surface area contributed by atoms with Crippen LogP contribution in [0.2, 0.25) is 0 Å². The first-order valence-electron chi connectivity index (χ1n) is 8.43. The van der Waals surface area contributed by atoms with Gasteiger partial charge in [0.05, 0.1) is 0 Å². The number of rotatable bonds is 9. The van der Waals surface area contributed by atoms with Gasteiger partial charge in [0.2, 0.25) is 5.91 Å². The highest BCUT2D eigenvalue weighted by Crippen LogP contribution is 2.38. The van der Waals surface area contributed by atoms with Crippen molar-refractivity contribution in [2.45, 2.75) is 70.4 Å². The summed E-state index contributed by atoms with van der Waals surface area (Å²) in [6.45, 7) is 7.46. The minimum absolute atomic E-state index is 0.143. The average Bonchev–Trinajstić information content (AvgIpc) is 3.17. The van der Waals surface area contributed by atoms with Crippen LogP contribution in [0, 0.1) is 5.92 Å². The molecule has 3 N–H and O–H groups in total. The maximum absolute atomic E-state index is 12.0. The van der Waals surface area contributed by atoms with E-state index in [0.717, 1.165) is 44.8 Å². The number of carbonyl (C=O) groups excluding carboxylic acids is 1. The molecule has 0 saturated heterocycles. The van der Waals surface area contributed by atoms with Gasteiger partial charge in [-0.1, -0.05) is 20.3 Å². The van der Waals surface area contributed by atoms with Gasteiger partial charge < -0.3 is 16.0 Å². The van der Waals surface area contributed by atoms with Crippen LogP contribution >= 0.6 is 0 Å². The van der Waals surface area contributed by atoms with Crippen molar-refractivity contribution in [1.82, 2.24) is 10.2 Å². The highest BCUT2D eigenvalue weighted by Gasteiger charge is 2.47. The van der Waals surface area contributed by atoms with E-state index in [0.29, 0.717) is 5.92 Å². The Hall–Kier alpha value is -0.610. The highest BCUT2D eigenvalue weighted by molar-refractivity contribution is 5.85. The zero-order valence-electron chi connectivity index (χ0n) is 13.2. The molecule has 0 bridgehead atoms. The molecule has 2 unspecified atom stereocenters. The fourth-order valence-corrected chi connectivity index (χ4v) is 3.95. The number of hydrogen-bond acceptors (Lipinski definition) is 3. The molecule has 0 radical (unpaired) electrons. The monoisotopic (exact) mass is 281 g/mol. The molecule has 2 aliphatic carbocycles. The lowest BCUT2D eigenvalue weighted by atomic mass is 9.83. The molecule has 1 amide bonds. The third-order valence-corrected chi connectivity index (χ3v) is 5.09. The zero-order chi connectivity index (χ0) is 14.6. The number of likely N-dealkylation sites (N-methyl/N-ethyl adjacent to an activating group) is 1. The number of nitrogens with two attached hydrogens (primary N) is 1. The van der Waals surface area contributed by atoms with Gasteiger partial charge >= 0.3 is 0 Å². The lowest BCUT2D eigenvalue weighted by Gasteiger charge is -2.34. The average molecular weight is 281 g/mol. The molecule has 0 heterocycles. The van der Waals surface area contributed by atoms with Gasteiger partial charge in [-0.3, -0.25) is 4.79 Å². The molecule has 4 nitrogen and oxygen atoms in total. The molecular weight excluding hydrogens is 250 g/mol. The molecule has 0 spiro atoms. The summed E-state index contributed by atoms with van der Waals surface area (Å²) in [5.74, 6) is 0.272. The van der Waals surface area contributed by atoms with Gasteiger partial charge in [0, 0.05) is 6.04 Å². The SMILES string of the molecule is CCCN(CCC1CCCC1(NCC)C(N)=O)C1CC1. The Morgan fingerprint density at radius 1 is 1.30 bits per heavy atom. The van der Waals surface area contributed by atoms with E-state index in [4.69, 9.17) is 5.73 Å². The Bertz CT molecular complexity index is 330. The van der Waals surface area contributed by atoms with Crippen molar-refractivity contribution >= 4 is 5.91 Å². The number of primary amides is 1. The second kappa shape index (κ2) is 6.90. The molecule has 2 aliphatic rings. The molecule has 2 atom stereocenters. The first-order valence-corrected chi connectivity index (χ1v) is 8.43. The van der Waals surface area contributed by atoms with Crippen LogP contribution in [0.15, 0.2) is 0 Å². The summed E-state index contributed by atoms with van der Waals surface area (Å²) in [5, 5.41) is 3.42. The Kier molecular flexibility index (Phi) is 5.44. The van der Waals surface area contributed by atoms with Gasteiger partial charge in [0.15, 0.2) is 0 Å². The van der Waals surface area contributed by atoms with Crippen molar-refractivity contribution in [2.75, 3.05) is 19.6 Å². The normalized spacial score (nSPS) is 30.1. The van der Waals surface area contributed by atoms with Crippen LogP contribution in [0.4, 0.5) is 0 Å². The van der Waals surface area contributed by atoms with Gasteiger partial charge in [-0.05, 0) is 64.1 Å². The second-order valence-electron chi connectivity index (χ2n) is 6.51. The van der Waals surface area contributed by atoms with Crippen molar-refractivity contribution in [1.29, 1.82) is 0 Å². The number of nitrogens with zero attached hydrogens (tertiary/aromatic N) is 1. The van der Waals surface area contributed by atoms with Crippen LogP contribution in [0.3, 0.4) is 0 Å². The van der Waals surface area contributed by atoms with Crippen LogP contribution in [-0.4, -0.2) is 42.0 Å². The smallest absolute Gasteiger partial charge is 0.238 e. The zero-order valence-corrected chi connectivity index (χ0v) is 13.2. The van der Waals surface area contributed by atoms with E-state index in [1.807, 2.05) is 0 Å². The number of nitrogens with one attached hydrogen (secondary N) is 1. The van der Waals surface area contributed by atoms with E-state index in [1.54, 1.807) is 0 Å². The van der Waals surface area contributed by atoms with Crippen molar-refractivity contribution in [3.63, 3.8) is 0 Å². The first kappa shape index (κ1) is 15.8. The van der Waals surface area contributed by atoms with E-state index >= 15 is 0 Å². The lowest BCUT2D eigenvalue weighted by molar-refractivity contribution is -0.126. The lowest BCUT2D eigenvalue weighted by Crippen LogP contribution is -2.58. The summed E-state index contributed by atoms with van der Waals surface area (Å²) >= 11 is 0. The standard InChI is InChI=1S/C16H31N3O/c1-3-11-19(14-7-8-14)12-9-13-6-5-10-16(13,15(17)20)18-4-2/h13-14,18H,3-12H2,1-2H3,(H2,17,20). The first-order chi connectivity index (χ1) is 9.64. The van der Waals surface area contributed by atoms with Crippen LogP contribution in [0.25, 0.3) is 0 Å². The van der Waals surface area contributed by atoms with E-state index in [9.17, 15) is 4.79 Å². The molecule has 20 heavy (non-hydrogen) atoms. The third-order valence-electron chi connectivity index (χ3n) is 5.09. The fraction of sp³-hybridized carbons (Fsp3) is 0.938. The van der Waals surface area contributed by atoms with Crippen LogP contribution in [-0.2, 0) is 4.79 Å². The molecule has 0 aromatic heterocycles. The van der Waals surface area contributed by atoms with Crippen molar-refractivity contribution in [3.8, 4) is 0 Å². The molecule has 0 aromatic carbocycles. The highest BCUT2D eigenvalue weighted by atomic mass is 16.1. The molecule has 4 heteroatoms. The minimum Gasteiger partial charge on any atom is -0.368 e. The van der Waals surface area contributed by atoms with Crippen LogP contribution in [0.5, 0.6) is 0 Å². The summed E-state index contributed by atoms with van der Waals surface area (Å²) in [4.78, 5) is 14.6. The van der Waals surface area contributed by atoms with Crippen LogP contribution in [0.1, 0.15) is 58.8 Å². The Morgan fingerprint density at radius 2 is 2.05 bits per heavy atom. The maximum atomic E-state index is 12.0. The Labute approximate surface area is 123 Å². The predicted octanol–water partition coefficient (Wildman–Crippen LogP) is 1.88. The predicted molar refractivity (Wildman–Crippen MR) is 82.4 cm³/mol. The second-order valence-corrected chi connectivity index (χ2v) is 6.51. The Morgan fingerprint density at radius 3 is 2.60 bits per heavy atom. The minimum atomic E-state index is -0.434. The van der Waals surface area contributed by atoms with E-state index in [-0.39, 0.29) is 5.91 Å². The molecule has 2 fully saturated rings. The van der Waals surface area contributed by atoms with Gasteiger partial charge in [-0.25, -0.2) is 0 Å². The van der Waals surface area contributed by atoms with Gasteiger partial charge in [0.25, 0.3) is 0 Å². The summed E-state index contributed by atoms with van der Waals surface area (Å²) in [7, 11) is 0. The molecule has 2 saturated carbocycles. The molecule has 116 valence electrons. The summed E-state index contributed by atoms with van der Waals surface area (Å²) in [5.41, 5.74) is 5.30. The van der Waals surface area contributed by atoms with E-state index in [2.05, 4.69) is 24.1 Å².